The van der Waals surface area contributed by atoms with Crippen molar-refractivity contribution in [1.29, 1.82) is 0 Å². The summed E-state index contributed by atoms with van der Waals surface area (Å²) in [5.74, 6) is -0.298. The molecule has 1 aromatic carbocycles. The molecule has 0 bridgehead atoms. The Bertz CT molecular complexity index is 756. The topological polar surface area (TPSA) is 144 Å². The number of hydrogen-bond donors (Lipinski definition) is 4. The molecule has 3 rings (SSSR count). The lowest BCUT2D eigenvalue weighted by Crippen LogP contribution is -2.24. The average Bonchev–Trinajstić information content (AvgIpc) is 2.97. The summed E-state index contributed by atoms with van der Waals surface area (Å²) in [5.41, 5.74) is 12.4. The largest absolute Gasteiger partial charge is 0.483 e. The van der Waals surface area contributed by atoms with Crippen LogP contribution in [0.2, 0.25) is 0 Å². The van der Waals surface area contributed by atoms with E-state index in [1.54, 1.807) is 0 Å². The van der Waals surface area contributed by atoms with Gasteiger partial charge in [0.25, 0.3) is 6.47 Å². The minimum absolute atomic E-state index is 0.0172. The van der Waals surface area contributed by atoms with E-state index in [1.165, 1.54) is 11.3 Å². The third kappa shape index (κ3) is 5.01. The molecule has 1 aliphatic carbocycles. The van der Waals surface area contributed by atoms with E-state index in [0.717, 1.165) is 35.5 Å². The minimum Gasteiger partial charge on any atom is -0.483 e. The molecular weight excluding hydrogens is 342 g/mol. The summed E-state index contributed by atoms with van der Waals surface area (Å²) in [6.45, 7) is -0.250. The summed E-state index contributed by atoms with van der Waals surface area (Å²) in [6.07, 6.45) is 2.67. The molecule has 0 spiro atoms. The van der Waals surface area contributed by atoms with E-state index in [9.17, 15) is 4.79 Å². The van der Waals surface area contributed by atoms with Gasteiger partial charge < -0.3 is 21.9 Å². The summed E-state index contributed by atoms with van der Waals surface area (Å²) in [4.78, 5) is 30.4. The number of carbonyl (C=O) groups excluding carboxylic acids is 1. The first-order valence-corrected chi connectivity index (χ1v) is 8.39. The summed E-state index contributed by atoms with van der Waals surface area (Å²) in [5, 5.41) is 10.3. The number of carboxylic acid groups (broad SMARTS) is 1. The predicted molar refractivity (Wildman–Crippen MR) is 97.0 cm³/mol. The second-order valence-corrected chi connectivity index (χ2v) is 6.31. The second-order valence-electron chi connectivity index (χ2n) is 5.25. The number of hydrogen-bond acceptors (Lipinski definition) is 5. The van der Waals surface area contributed by atoms with Gasteiger partial charge in [-0.1, -0.05) is 29.5 Å². The lowest BCUT2D eigenvalue weighted by molar-refractivity contribution is -0.123. The molecule has 1 aliphatic rings. The maximum absolute atomic E-state index is 12.5. The number of para-hydroxylation sites is 1. The highest BCUT2D eigenvalue weighted by molar-refractivity contribution is 7.15. The van der Waals surface area contributed by atoms with Gasteiger partial charge in [-0.05, 0) is 31.4 Å². The third-order valence-corrected chi connectivity index (χ3v) is 4.55. The lowest BCUT2D eigenvalue weighted by Gasteiger charge is -2.20. The fourth-order valence-electron chi connectivity index (χ4n) is 2.57. The average molecular weight is 361 g/mol. The highest BCUT2D eigenvalue weighted by Crippen LogP contribution is 2.38. The number of benzene rings is 1. The van der Waals surface area contributed by atoms with Crippen molar-refractivity contribution < 1.29 is 14.7 Å². The normalized spacial score (nSPS) is 15.1. The molecule has 0 aliphatic heterocycles. The molecule has 1 atom stereocenters. The van der Waals surface area contributed by atoms with Crippen LogP contribution in [-0.4, -0.2) is 28.4 Å². The Morgan fingerprint density at radius 2 is 2.04 bits per heavy atom. The van der Waals surface area contributed by atoms with Gasteiger partial charge in [-0.3, -0.25) is 9.59 Å². The van der Waals surface area contributed by atoms with Gasteiger partial charge in [0.15, 0.2) is 5.96 Å². The van der Waals surface area contributed by atoms with E-state index in [-0.39, 0.29) is 24.3 Å². The monoisotopic (exact) mass is 361 g/mol. The number of fused-ring (bicyclic) bond motifs is 1. The number of nitrogens with two attached hydrogens (primary N) is 2. The van der Waals surface area contributed by atoms with Crippen LogP contribution in [0.5, 0.6) is 0 Å². The van der Waals surface area contributed by atoms with Gasteiger partial charge in [-0.25, -0.2) is 4.98 Å². The van der Waals surface area contributed by atoms with E-state index in [0.29, 0.717) is 5.13 Å². The van der Waals surface area contributed by atoms with Crippen molar-refractivity contribution in [3.8, 4) is 0 Å². The van der Waals surface area contributed by atoms with E-state index in [1.807, 2.05) is 30.3 Å². The molecule has 132 valence electrons. The quantitative estimate of drug-likeness (QED) is 0.373. The summed E-state index contributed by atoms with van der Waals surface area (Å²) < 4.78 is 0. The number of nitrogens with one attached hydrogen (secondary N) is 1. The first-order chi connectivity index (χ1) is 12.0. The van der Waals surface area contributed by atoms with E-state index < -0.39 is 0 Å². The Morgan fingerprint density at radius 3 is 2.68 bits per heavy atom. The van der Waals surface area contributed by atoms with Gasteiger partial charge >= 0.3 is 0 Å². The van der Waals surface area contributed by atoms with E-state index in [2.05, 4.69) is 15.3 Å². The number of aryl methyl sites for hydroxylation is 1. The molecule has 2 aromatic rings. The zero-order chi connectivity index (χ0) is 18.2. The van der Waals surface area contributed by atoms with Crippen LogP contribution in [-0.2, 0) is 16.0 Å². The molecule has 1 heterocycles. The fourth-order valence-corrected chi connectivity index (χ4v) is 3.62. The summed E-state index contributed by atoms with van der Waals surface area (Å²) in [6, 6.07) is 9.43. The molecule has 0 radical (unpaired) electrons. The van der Waals surface area contributed by atoms with Crippen molar-refractivity contribution in [3.05, 3.63) is 40.9 Å². The maximum Gasteiger partial charge on any atom is 0.290 e. The van der Waals surface area contributed by atoms with Crippen LogP contribution in [0.1, 0.15) is 29.3 Å². The van der Waals surface area contributed by atoms with Crippen molar-refractivity contribution in [1.82, 2.24) is 4.98 Å². The zero-order valence-electron chi connectivity index (χ0n) is 13.4. The number of nitrogens with zero attached hydrogens (tertiary/aromatic N) is 2. The number of carbonyl (C=O) groups is 2. The molecule has 1 aromatic heterocycles. The second kappa shape index (κ2) is 8.78. The first kappa shape index (κ1) is 18.4. The van der Waals surface area contributed by atoms with Crippen LogP contribution >= 0.6 is 11.3 Å². The number of anilines is 1. The Balaban J connectivity index is 0.000000701. The van der Waals surface area contributed by atoms with Crippen molar-refractivity contribution in [2.75, 3.05) is 5.32 Å². The third-order valence-electron chi connectivity index (χ3n) is 3.53. The molecule has 25 heavy (non-hydrogen) atoms. The van der Waals surface area contributed by atoms with E-state index >= 15 is 0 Å². The Kier molecular flexibility index (Phi) is 6.47. The van der Waals surface area contributed by atoms with Gasteiger partial charge in [0.1, 0.15) is 0 Å². The Morgan fingerprint density at radius 1 is 1.36 bits per heavy atom. The molecule has 1 unspecified atom stereocenters. The highest BCUT2D eigenvalue weighted by atomic mass is 32.1. The highest BCUT2D eigenvalue weighted by Gasteiger charge is 2.30. The molecular formula is C16H19N5O3S. The molecule has 0 saturated heterocycles. The number of rotatable bonds is 3. The van der Waals surface area contributed by atoms with Crippen LogP contribution in [0.15, 0.2) is 35.3 Å². The van der Waals surface area contributed by atoms with Crippen molar-refractivity contribution in [2.24, 2.45) is 16.5 Å². The van der Waals surface area contributed by atoms with Gasteiger partial charge in [0.05, 0.1) is 11.6 Å². The molecule has 0 saturated carbocycles. The lowest BCUT2D eigenvalue weighted by atomic mass is 9.90. The van der Waals surface area contributed by atoms with Crippen molar-refractivity contribution in [2.45, 2.75) is 25.2 Å². The maximum atomic E-state index is 12.5. The fraction of sp³-hybridized carbons (Fsp3) is 0.250. The minimum atomic E-state index is -0.250. The van der Waals surface area contributed by atoms with Crippen LogP contribution in [0, 0.1) is 0 Å². The Hall–Kier alpha value is -2.94. The summed E-state index contributed by atoms with van der Waals surface area (Å²) >= 11 is 1.45. The molecule has 1 amide bonds. The molecule has 8 nitrogen and oxygen atoms in total. The number of aliphatic imine (C=N–C) groups is 1. The SMILES string of the molecule is NC(N)=Nc1nc2c(s1)CCCC2C(=O)Nc1ccccc1.O=CO. The molecule has 0 fully saturated rings. The van der Waals surface area contributed by atoms with Gasteiger partial charge in [0, 0.05) is 10.6 Å². The number of amides is 1. The molecule has 9 heteroatoms. The van der Waals surface area contributed by atoms with Crippen LogP contribution in [0.25, 0.3) is 0 Å². The van der Waals surface area contributed by atoms with Gasteiger partial charge in [-0.2, -0.15) is 4.99 Å². The first-order valence-electron chi connectivity index (χ1n) is 7.58. The van der Waals surface area contributed by atoms with Crippen molar-refractivity contribution >= 4 is 40.5 Å². The van der Waals surface area contributed by atoms with Crippen LogP contribution < -0.4 is 16.8 Å². The molecule has 6 N–H and O–H groups in total. The smallest absolute Gasteiger partial charge is 0.290 e. The van der Waals surface area contributed by atoms with E-state index in [4.69, 9.17) is 21.4 Å². The van der Waals surface area contributed by atoms with Crippen LogP contribution in [0.3, 0.4) is 0 Å². The zero-order valence-corrected chi connectivity index (χ0v) is 14.2. The van der Waals surface area contributed by atoms with Crippen LogP contribution in [0.4, 0.5) is 10.8 Å². The predicted octanol–water partition coefficient (Wildman–Crippen LogP) is 1.81. The van der Waals surface area contributed by atoms with Crippen molar-refractivity contribution in [3.63, 3.8) is 0 Å². The van der Waals surface area contributed by atoms with Gasteiger partial charge in [-0.15, -0.1) is 0 Å². The van der Waals surface area contributed by atoms with Gasteiger partial charge in [0.2, 0.25) is 11.0 Å². The number of aromatic nitrogens is 1. The standard InChI is InChI=1S/C15H17N5OS.CH2O2/c16-14(17)20-15-19-12-10(7-4-8-11(12)22-15)13(21)18-9-5-2-1-3-6-9;2-1-3/h1-3,5-6,10H,4,7-8H2,(H,18,21)(H4,16,17,19,20);1H,(H,2,3). The number of thiazole rings is 1. The number of guanidine groups is 1. The Labute approximate surface area is 148 Å². The summed E-state index contributed by atoms with van der Waals surface area (Å²) in [7, 11) is 0.